The van der Waals surface area contributed by atoms with Gasteiger partial charge < -0.3 is 13.9 Å². The van der Waals surface area contributed by atoms with Crippen molar-refractivity contribution in [3.8, 4) is 17.2 Å². The van der Waals surface area contributed by atoms with Crippen molar-refractivity contribution < 1.29 is 18.7 Å². The molecule has 0 saturated heterocycles. The summed E-state index contributed by atoms with van der Waals surface area (Å²) in [5, 5.41) is 0.365. The smallest absolute Gasteiger partial charge is 0.308 e. The molecule has 2 aromatic carbocycles. The molecule has 0 unspecified atom stereocenters. The van der Waals surface area contributed by atoms with Crippen molar-refractivity contribution in [2.45, 2.75) is 33.6 Å². The summed E-state index contributed by atoms with van der Waals surface area (Å²) in [6.07, 6.45) is 2.07. The van der Waals surface area contributed by atoms with Crippen molar-refractivity contribution in [1.29, 1.82) is 0 Å². The monoisotopic (exact) mass is 352 g/mol. The average Bonchev–Trinajstić information content (AvgIpc) is 2.59. The molecule has 0 atom stereocenters. The molecule has 0 radical (unpaired) electrons. The molecule has 0 fully saturated rings. The Morgan fingerprint density at radius 3 is 2.42 bits per heavy atom. The fraction of sp³-hybridized carbons (Fsp3) is 0.238. The minimum atomic E-state index is -0.435. The Morgan fingerprint density at radius 2 is 1.77 bits per heavy atom. The summed E-state index contributed by atoms with van der Waals surface area (Å²) in [7, 11) is 0. The van der Waals surface area contributed by atoms with Crippen molar-refractivity contribution in [2.75, 3.05) is 0 Å². The Kier molecular flexibility index (Phi) is 5.07. The van der Waals surface area contributed by atoms with Crippen molar-refractivity contribution in [3.05, 3.63) is 64.0 Å². The Morgan fingerprint density at radius 1 is 1.08 bits per heavy atom. The maximum atomic E-state index is 12.8. The Hall–Kier alpha value is -3.08. The second kappa shape index (κ2) is 7.44. The molecule has 1 aromatic heterocycles. The van der Waals surface area contributed by atoms with Gasteiger partial charge in [0.2, 0.25) is 11.2 Å². The molecule has 0 N–H and O–H groups in total. The highest BCUT2D eigenvalue weighted by molar-refractivity contribution is 5.80. The van der Waals surface area contributed by atoms with E-state index in [0.29, 0.717) is 28.2 Å². The van der Waals surface area contributed by atoms with Gasteiger partial charge in [-0.05, 0) is 43.2 Å². The van der Waals surface area contributed by atoms with Crippen LogP contribution < -0.4 is 14.9 Å². The van der Waals surface area contributed by atoms with Crippen LogP contribution in [0.5, 0.6) is 17.2 Å². The number of rotatable bonds is 5. The van der Waals surface area contributed by atoms with E-state index in [1.807, 2.05) is 24.3 Å². The zero-order chi connectivity index (χ0) is 18.7. The van der Waals surface area contributed by atoms with Crippen molar-refractivity contribution >= 4 is 16.9 Å². The lowest BCUT2D eigenvalue weighted by atomic mass is 10.1. The molecule has 3 aromatic rings. The van der Waals surface area contributed by atoms with Gasteiger partial charge in [0.1, 0.15) is 22.8 Å². The highest BCUT2D eigenvalue weighted by atomic mass is 16.5. The van der Waals surface area contributed by atoms with Gasteiger partial charge in [0.25, 0.3) is 0 Å². The zero-order valence-electron chi connectivity index (χ0n) is 15.0. The Labute approximate surface area is 151 Å². The predicted octanol–water partition coefficient (Wildman–Crippen LogP) is 4.77. The van der Waals surface area contributed by atoms with Gasteiger partial charge in [-0.3, -0.25) is 9.59 Å². The minimum absolute atomic E-state index is 0.154. The fourth-order valence-corrected chi connectivity index (χ4v) is 2.75. The maximum Gasteiger partial charge on any atom is 0.308 e. The summed E-state index contributed by atoms with van der Waals surface area (Å²) in [4.78, 5) is 23.8. The molecule has 0 amide bonds. The van der Waals surface area contributed by atoms with Gasteiger partial charge in [-0.1, -0.05) is 25.5 Å². The molecule has 0 spiro atoms. The van der Waals surface area contributed by atoms with Crippen LogP contribution in [0.2, 0.25) is 0 Å². The SMILES string of the molecule is CCCc1ccc(Oc2c(C)oc3cc(OC(C)=O)ccc3c2=O)cc1. The maximum absolute atomic E-state index is 12.8. The van der Waals surface area contributed by atoms with E-state index >= 15 is 0 Å². The van der Waals surface area contributed by atoms with Crippen LogP contribution in [0.25, 0.3) is 11.0 Å². The van der Waals surface area contributed by atoms with E-state index in [1.54, 1.807) is 19.1 Å². The number of benzene rings is 2. The Balaban J connectivity index is 1.96. The number of ether oxygens (including phenoxy) is 2. The summed E-state index contributed by atoms with van der Waals surface area (Å²) in [5.74, 6) is 0.986. The van der Waals surface area contributed by atoms with Crippen LogP contribution in [0.3, 0.4) is 0 Å². The fourth-order valence-electron chi connectivity index (χ4n) is 2.75. The normalized spacial score (nSPS) is 10.7. The predicted molar refractivity (Wildman–Crippen MR) is 99.0 cm³/mol. The van der Waals surface area contributed by atoms with Crippen LogP contribution in [0.15, 0.2) is 51.7 Å². The topological polar surface area (TPSA) is 65.7 Å². The summed E-state index contributed by atoms with van der Waals surface area (Å²) in [6.45, 7) is 5.11. The molecule has 3 rings (SSSR count). The number of carbonyl (C=O) groups is 1. The highest BCUT2D eigenvalue weighted by Crippen LogP contribution is 2.27. The standard InChI is InChI=1S/C21H20O5/c1-4-5-15-6-8-16(9-7-15)26-21-13(2)24-19-12-17(25-14(3)22)10-11-18(19)20(21)23/h6-12H,4-5H2,1-3H3. The second-order valence-electron chi connectivity index (χ2n) is 6.06. The minimum Gasteiger partial charge on any atom is -0.457 e. The molecule has 1 heterocycles. The first-order valence-corrected chi connectivity index (χ1v) is 8.50. The first kappa shape index (κ1) is 17.7. The first-order chi connectivity index (χ1) is 12.5. The van der Waals surface area contributed by atoms with Gasteiger partial charge in [-0.2, -0.15) is 0 Å². The van der Waals surface area contributed by atoms with Crippen LogP contribution in [-0.2, 0) is 11.2 Å². The van der Waals surface area contributed by atoms with Crippen molar-refractivity contribution in [1.82, 2.24) is 0 Å². The van der Waals surface area contributed by atoms with Gasteiger partial charge >= 0.3 is 5.97 Å². The quantitative estimate of drug-likeness (QED) is 0.489. The molecule has 0 aliphatic carbocycles. The molecular weight excluding hydrogens is 332 g/mol. The van der Waals surface area contributed by atoms with Crippen LogP contribution in [0.4, 0.5) is 0 Å². The first-order valence-electron chi connectivity index (χ1n) is 8.50. The third-order valence-corrected chi connectivity index (χ3v) is 3.93. The van der Waals surface area contributed by atoms with Crippen LogP contribution in [0.1, 0.15) is 31.6 Å². The summed E-state index contributed by atoms with van der Waals surface area (Å²) in [5.41, 5.74) is 1.30. The molecule has 134 valence electrons. The lowest BCUT2D eigenvalue weighted by molar-refractivity contribution is -0.131. The second-order valence-corrected chi connectivity index (χ2v) is 6.06. The van der Waals surface area contributed by atoms with Gasteiger partial charge in [-0.15, -0.1) is 0 Å². The third-order valence-electron chi connectivity index (χ3n) is 3.93. The molecule has 5 heteroatoms. The number of esters is 1. The zero-order valence-corrected chi connectivity index (χ0v) is 15.0. The lowest BCUT2D eigenvalue weighted by Gasteiger charge is -2.10. The molecule has 26 heavy (non-hydrogen) atoms. The van der Waals surface area contributed by atoms with Crippen molar-refractivity contribution in [3.63, 3.8) is 0 Å². The largest absolute Gasteiger partial charge is 0.457 e. The van der Waals surface area contributed by atoms with Gasteiger partial charge in [0.15, 0.2) is 0 Å². The number of aryl methyl sites for hydroxylation is 2. The van der Waals surface area contributed by atoms with Gasteiger partial charge in [0, 0.05) is 13.0 Å². The van der Waals surface area contributed by atoms with Gasteiger partial charge in [0.05, 0.1) is 5.39 Å². The number of fused-ring (bicyclic) bond motifs is 1. The summed E-state index contributed by atoms with van der Waals surface area (Å²) < 4.78 is 16.5. The van der Waals surface area contributed by atoms with Crippen LogP contribution >= 0.6 is 0 Å². The third kappa shape index (κ3) is 3.77. The molecule has 5 nitrogen and oxygen atoms in total. The van der Waals surface area contributed by atoms with Crippen LogP contribution in [0, 0.1) is 6.92 Å². The summed E-state index contributed by atoms with van der Waals surface area (Å²) >= 11 is 0. The number of hydrogen-bond donors (Lipinski definition) is 0. The molecular formula is C21H20O5. The van der Waals surface area contributed by atoms with E-state index in [0.717, 1.165) is 12.8 Å². The molecule has 0 aliphatic rings. The van der Waals surface area contributed by atoms with Crippen molar-refractivity contribution in [2.24, 2.45) is 0 Å². The Bertz CT molecular complexity index is 999. The van der Waals surface area contributed by atoms with Crippen LogP contribution in [-0.4, -0.2) is 5.97 Å². The molecule has 0 aliphatic heterocycles. The number of hydrogen-bond acceptors (Lipinski definition) is 5. The van der Waals surface area contributed by atoms with E-state index in [-0.39, 0.29) is 11.2 Å². The number of carbonyl (C=O) groups excluding carboxylic acids is 1. The van der Waals surface area contributed by atoms with E-state index < -0.39 is 5.97 Å². The lowest BCUT2D eigenvalue weighted by Crippen LogP contribution is -2.08. The molecule has 0 bridgehead atoms. The van der Waals surface area contributed by atoms with E-state index in [9.17, 15) is 9.59 Å². The highest BCUT2D eigenvalue weighted by Gasteiger charge is 2.15. The van der Waals surface area contributed by atoms with Gasteiger partial charge in [-0.25, -0.2) is 0 Å². The van der Waals surface area contributed by atoms with E-state index in [2.05, 4.69) is 6.92 Å². The summed E-state index contributed by atoms with van der Waals surface area (Å²) in [6, 6.07) is 12.3. The van der Waals surface area contributed by atoms with E-state index in [1.165, 1.54) is 18.6 Å². The average molecular weight is 352 g/mol. The molecule has 0 saturated carbocycles. The van der Waals surface area contributed by atoms with E-state index in [4.69, 9.17) is 13.9 Å².